The zero-order valence-electron chi connectivity index (χ0n) is 12.7. The van der Waals surface area contributed by atoms with Crippen LogP contribution < -0.4 is 0 Å². The maximum atomic E-state index is 12.6. The van der Waals surface area contributed by atoms with Crippen molar-refractivity contribution in [2.75, 3.05) is 7.11 Å². The van der Waals surface area contributed by atoms with Gasteiger partial charge in [0.25, 0.3) is 0 Å². The summed E-state index contributed by atoms with van der Waals surface area (Å²) in [4.78, 5) is 24.0. The minimum Gasteiger partial charge on any atom is -0.465 e. The van der Waals surface area contributed by atoms with Gasteiger partial charge in [0.05, 0.1) is 12.7 Å². The van der Waals surface area contributed by atoms with Crippen molar-refractivity contribution in [3.63, 3.8) is 0 Å². The lowest BCUT2D eigenvalue weighted by atomic mass is 9.93. The first-order chi connectivity index (χ1) is 9.93. The highest BCUT2D eigenvalue weighted by atomic mass is 16.5. The topological polar surface area (TPSA) is 43.4 Å². The lowest BCUT2D eigenvalue weighted by molar-refractivity contribution is 0.0600. The van der Waals surface area contributed by atoms with E-state index in [1.807, 2.05) is 32.9 Å². The Morgan fingerprint density at radius 2 is 1.33 bits per heavy atom. The molecule has 2 aromatic rings. The predicted molar refractivity (Wildman–Crippen MR) is 81.9 cm³/mol. The van der Waals surface area contributed by atoms with E-state index in [9.17, 15) is 9.59 Å². The molecule has 21 heavy (non-hydrogen) atoms. The Hall–Kier alpha value is -2.42. The molecule has 2 aromatic carbocycles. The fraction of sp³-hybridized carbons (Fsp3) is 0.222. The van der Waals surface area contributed by atoms with Gasteiger partial charge in [-0.25, -0.2) is 4.79 Å². The van der Waals surface area contributed by atoms with Gasteiger partial charge in [0.2, 0.25) is 0 Å². The highest BCUT2D eigenvalue weighted by molar-refractivity contribution is 6.11. The SMILES string of the molecule is COC(=O)c1ccc(C(=O)c2c(C)cc(C)cc2C)cc1. The average molecular weight is 282 g/mol. The van der Waals surface area contributed by atoms with Crippen LogP contribution in [0.5, 0.6) is 0 Å². The van der Waals surface area contributed by atoms with Crippen LogP contribution in [0.25, 0.3) is 0 Å². The molecule has 0 atom stereocenters. The van der Waals surface area contributed by atoms with Gasteiger partial charge in [-0.15, -0.1) is 0 Å². The third kappa shape index (κ3) is 3.02. The number of ketones is 1. The minimum absolute atomic E-state index is 0.0265. The van der Waals surface area contributed by atoms with Crippen LogP contribution in [0.3, 0.4) is 0 Å². The van der Waals surface area contributed by atoms with E-state index in [4.69, 9.17) is 0 Å². The Bertz CT molecular complexity index is 674. The van der Waals surface area contributed by atoms with Gasteiger partial charge >= 0.3 is 5.97 Å². The fourth-order valence-electron chi connectivity index (χ4n) is 2.56. The first-order valence-electron chi connectivity index (χ1n) is 6.75. The van der Waals surface area contributed by atoms with Crippen molar-refractivity contribution in [1.29, 1.82) is 0 Å². The summed E-state index contributed by atoms with van der Waals surface area (Å²) in [6.45, 7) is 5.89. The van der Waals surface area contributed by atoms with Gasteiger partial charge in [0.1, 0.15) is 0 Å². The molecule has 0 bridgehead atoms. The number of hydrogen-bond donors (Lipinski definition) is 0. The number of aryl methyl sites for hydroxylation is 3. The number of rotatable bonds is 3. The lowest BCUT2D eigenvalue weighted by Gasteiger charge is -2.10. The molecule has 0 unspecified atom stereocenters. The standard InChI is InChI=1S/C18H18O3/c1-11-9-12(2)16(13(3)10-11)17(19)14-5-7-15(8-6-14)18(20)21-4/h5-10H,1-4H3. The molecule has 108 valence electrons. The molecule has 0 spiro atoms. The van der Waals surface area contributed by atoms with Crippen LogP contribution in [-0.4, -0.2) is 18.9 Å². The molecule has 0 aromatic heterocycles. The van der Waals surface area contributed by atoms with Crippen molar-refractivity contribution in [3.8, 4) is 0 Å². The average Bonchev–Trinajstić information content (AvgIpc) is 2.45. The lowest BCUT2D eigenvalue weighted by Crippen LogP contribution is -2.08. The Morgan fingerprint density at radius 1 is 0.857 bits per heavy atom. The molecule has 0 amide bonds. The summed E-state index contributed by atoms with van der Waals surface area (Å²) in [6.07, 6.45) is 0. The largest absolute Gasteiger partial charge is 0.465 e. The summed E-state index contributed by atoms with van der Waals surface area (Å²) in [6, 6.07) is 10.5. The Kier molecular flexibility index (Phi) is 4.22. The molecule has 0 aliphatic rings. The van der Waals surface area contributed by atoms with E-state index < -0.39 is 5.97 Å². The summed E-state index contributed by atoms with van der Waals surface area (Å²) in [5.41, 5.74) is 4.81. The molecule has 0 heterocycles. The first-order valence-corrected chi connectivity index (χ1v) is 6.75. The van der Waals surface area contributed by atoms with Crippen LogP contribution in [0, 0.1) is 20.8 Å². The van der Waals surface area contributed by atoms with E-state index >= 15 is 0 Å². The Balaban J connectivity index is 2.39. The molecule has 0 saturated carbocycles. The van der Waals surface area contributed by atoms with Gasteiger partial charge in [0, 0.05) is 11.1 Å². The molecule has 0 N–H and O–H groups in total. The van der Waals surface area contributed by atoms with Gasteiger partial charge in [0.15, 0.2) is 5.78 Å². The van der Waals surface area contributed by atoms with Gasteiger partial charge < -0.3 is 4.74 Å². The quantitative estimate of drug-likeness (QED) is 0.638. The van der Waals surface area contributed by atoms with Crippen LogP contribution in [-0.2, 0) is 4.74 Å². The van der Waals surface area contributed by atoms with Crippen molar-refractivity contribution in [2.45, 2.75) is 20.8 Å². The smallest absolute Gasteiger partial charge is 0.337 e. The normalized spacial score (nSPS) is 10.3. The maximum Gasteiger partial charge on any atom is 0.337 e. The van der Waals surface area contributed by atoms with E-state index in [1.54, 1.807) is 24.3 Å². The summed E-state index contributed by atoms with van der Waals surface area (Å²) < 4.78 is 4.65. The highest BCUT2D eigenvalue weighted by Gasteiger charge is 2.15. The molecule has 0 aliphatic carbocycles. The van der Waals surface area contributed by atoms with Gasteiger partial charge in [-0.1, -0.05) is 29.8 Å². The number of hydrogen-bond acceptors (Lipinski definition) is 3. The zero-order chi connectivity index (χ0) is 15.6. The maximum absolute atomic E-state index is 12.6. The molecule has 0 aliphatic heterocycles. The van der Waals surface area contributed by atoms with E-state index in [0.29, 0.717) is 11.1 Å². The summed E-state index contributed by atoms with van der Waals surface area (Å²) in [5, 5.41) is 0. The van der Waals surface area contributed by atoms with Crippen LogP contribution in [0.15, 0.2) is 36.4 Å². The Labute approximate surface area is 124 Å². The van der Waals surface area contributed by atoms with Crippen molar-refractivity contribution < 1.29 is 14.3 Å². The highest BCUT2D eigenvalue weighted by Crippen LogP contribution is 2.20. The van der Waals surface area contributed by atoms with Crippen molar-refractivity contribution in [1.82, 2.24) is 0 Å². The number of benzene rings is 2. The molecule has 0 radical (unpaired) electrons. The van der Waals surface area contributed by atoms with Gasteiger partial charge in [-0.2, -0.15) is 0 Å². The molecule has 2 rings (SSSR count). The Morgan fingerprint density at radius 3 is 1.81 bits per heavy atom. The second-order valence-electron chi connectivity index (χ2n) is 5.17. The number of methoxy groups -OCH3 is 1. The summed E-state index contributed by atoms with van der Waals surface area (Å²) in [5.74, 6) is -0.432. The number of carbonyl (C=O) groups excluding carboxylic acids is 2. The molecular formula is C18H18O3. The van der Waals surface area contributed by atoms with E-state index in [-0.39, 0.29) is 5.78 Å². The second-order valence-corrected chi connectivity index (χ2v) is 5.17. The van der Waals surface area contributed by atoms with Crippen molar-refractivity contribution in [2.24, 2.45) is 0 Å². The molecular weight excluding hydrogens is 264 g/mol. The zero-order valence-corrected chi connectivity index (χ0v) is 12.7. The molecule has 0 saturated heterocycles. The van der Waals surface area contributed by atoms with E-state index in [1.165, 1.54) is 7.11 Å². The monoisotopic (exact) mass is 282 g/mol. The fourth-order valence-corrected chi connectivity index (χ4v) is 2.56. The number of ether oxygens (including phenoxy) is 1. The number of carbonyl (C=O) groups is 2. The van der Waals surface area contributed by atoms with Crippen molar-refractivity contribution in [3.05, 3.63) is 69.8 Å². The minimum atomic E-state index is -0.406. The molecule has 0 fully saturated rings. The van der Waals surface area contributed by atoms with Crippen LogP contribution in [0.4, 0.5) is 0 Å². The second kappa shape index (κ2) is 5.92. The first kappa shape index (κ1) is 15.0. The van der Waals surface area contributed by atoms with Crippen molar-refractivity contribution >= 4 is 11.8 Å². The van der Waals surface area contributed by atoms with E-state index in [2.05, 4.69) is 4.74 Å². The van der Waals surface area contributed by atoms with Crippen LogP contribution in [0.2, 0.25) is 0 Å². The molecule has 3 heteroatoms. The molecule has 3 nitrogen and oxygen atoms in total. The van der Waals surface area contributed by atoms with Gasteiger partial charge in [-0.05, 0) is 44.0 Å². The van der Waals surface area contributed by atoms with Gasteiger partial charge in [-0.3, -0.25) is 4.79 Å². The summed E-state index contributed by atoms with van der Waals surface area (Å²) >= 11 is 0. The predicted octanol–water partition coefficient (Wildman–Crippen LogP) is 3.63. The van der Waals surface area contributed by atoms with E-state index in [0.717, 1.165) is 22.3 Å². The van der Waals surface area contributed by atoms with Crippen LogP contribution >= 0.6 is 0 Å². The third-order valence-corrected chi connectivity index (χ3v) is 3.47. The summed E-state index contributed by atoms with van der Waals surface area (Å²) in [7, 11) is 1.33. The number of esters is 1. The third-order valence-electron chi connectivity index (χ3n) is 3.47. The van der Waals surface area contributed by atoms with Crippen LogP contribution in [0.1, 0.15) is 43.0 Å².